The van der Waals surface area contributed by atoms with Gasteiger partial charge in [0, 0.05) is 24.3 Å². The van der Waals surface area contributed by atoms with E-state index in [1.54, 1.807) is 7.11 Å². The van der Waals surface area contributed by atoms with Crippen LogP contribution in [0.3, 0.4) is 0 Å². The maximum Gasteiger partial charge on any atom is 0.230 e. The van der Waals surface area contributed by atoms with Crippen LogP contribution in [0, 0.1) is 0 Å². The summed E-state index contributed by atoms with van der Waals surface area (Å²) in [4.78, 5) is 15.0. The Balaban J connectivity index is 1.80. The zero-order chi connectivity index (χ0) is 15.5. The summed E-state index contributed by atoms with van der Waals surface area (Å²) < 4.78 is 5.20. The zero-order valence-electron chi connectivity index (χ0n) is 13.2. The van der Waals surface area contributed by atoms with Gasteiger partial charge in [-0.3, -0.25) is 4.79 Å². The van der Waals surface area contributed by atoms with E-state index in [1.807, 2.05) is 18.2 Å². The highest BCUT2D eigenvalue weighted by atomic mass is 16.5. The number of hydrogen-bond donors (Lipinski definition) is 2. The van der Waals surface area contributed by atoms with Gasteiger partial charge in [-0.1, -0.05) is 6.07 Å². The molecule has 2 heterocycles. The van der Waals surface area contributed by atoms with Gasteiger partial charge in [-0.15, -0.1) is 0 Å². The number of nitrogens with two attached hydrogens (primary N) is 1. The van der Waals surface area contributed by atoms with Gasteiger partial charge in [0.2, 0.25) is 5.91 Å². The minimum Gasteiger partial charge on any atom is -0.497 e. The van der Waals surface area contributed by atoms with Crippen molar-refractivity contribution in [2.75, 3.05) is 32.5 Å². The van der Waals surface area contributed by atoms with Crippen LogP contribution in [0.5, 0.6) is 5.75 Å². The lowest BCUT2D eigenvalue weighted by Crippen LogP contribution is -2.50. The van der Waals surface area contributed by atoms with Gasteiger partial charge in [-0.2, -0.15) is 0 Å². The Morgan fingerprint density at radius 3 is 2.73 bits per heavy atom. The van der Waals surface area contributed by atoms with Crippen LogP contribution in [-0.2, 0) is 4.79 Å². The molecule has 2 aliphatic heterocycles. The summed E-state index contributed by atoms with van der Waals surface area (Å²) in [6.45, 7) is 2.89. The third-order valence-electron chi connectivity index (χ3n) is 4.89. The molecule has 0 bridgehead atoms. The number of methoxy groups -OCH3 is 1. The fraction of sp³-hybridized carbons (Fsp3) is 0.588. The summed E-state index contributed by atoms with van der Waals surface area (Å²) in [5.74, 6) is 0.879. The van der Waals surface area contributed by atoms with Crippen LogP contribution in [0.4, 0.5) is 5.69 Å². The van der Waals surface area contributed by atoms with Crippen molar-refractivity contribution in [2.24, 2.45) is 0 Å². The van der Waals surface area contributed by atoms with Crippen molar-refractivity contribution in [1.29, 1.82) is 0 Å². The predicted molar refractivity (Wildman–Crippen MR) is 87.0 cm³/mol. The summed E-state index contributed by atoms with van der Waals surface area (Å²) in [5.41, 5.74) is 7.76. The highest BCUT2D eigenvalue weighted by Gasteiger charge is 2.35. The number of hydrogen-bond acceptors (Lipinski definition) is 4. The molecule has 2 aliphatic rings. The molecular weight excluding hydrogens is 278 g/mol. The molecule has 0 unspecified atom stereocenters. The molecule has 5 nitrogen and oxygen atoms in total. The quantitative estimate of drug-likeness (QED) is 0.835. The SMILES string of the molecule is COc1ccc([C@H]2CCCN(C3CCNCC3)C2=O)c(N)c1. The number of benzene rings is 1. The Bertz CT molecular complexity index is 541. The van der Waals surface area contributed by atoms with Crippen LogP contribution >= 0.6 is 0 Å². The van der Waals surface area contributed by atoms with Crippen molar-refractivity contribution in [3.63, 3.8) is 0 Å². The molecule has 1 aromatic rings. The first-order chi connectivity index (χ1) is 10.7. The van der Waals surface area contributed by atoms with Gasteiger partial charge in [0.1, 0.15) is 5.75 Å². The van der Waals surface area contributed by atoms with Crippen LogP contribution in [0.1, 0.15) is 37.2 Å². The van der Waals surface area contributed by atoms with E-state index in [0.717, 1.165) is 56.6 Å². The van der Waals surface area contributed by atoms with E-state index in [-0.39, 0.29) is 11.8 Å². The highest BCUT2D eigenvalue weighted by molar-refractivity contribution is 5.86. The van der Waals surface area contributed by atoms with Crippen LogP contribution in [0.15, 0.2) is 18.2 Å². The van der Waals surface area contributed by atoms with Crippen molar-refractivity contribution in [3.8, 4) is 5.75 Å². The largest absolute Gasteiger partial charge is 0.497 e. The summed E-state index contributed by atoms with van der Waals surface area (Å²) in [6, 6.07) is 6.04. The molecule has 0 radical (unpaired) electrons. The number of rotatable bonds is 3. The molecule has 0 aliphatic carbocycles. The molecule has 0 aromatic heterocycles. The standard InChI is InChI=1S/C17H25N3O2/c1-22-13-4-5-14(16(18)11-13)15-3-2-10-20(17(15)21)12-6-8-19-9-7-12/h4-5,11-12,15,19H,2-3,6-10,18H2,1H3/t15-/m1/s1. The number of anilines is 1. The summed E-state index contributed by atoms with van der Waals surface area (Å²) >= 11 is 0. The summed E-state index contributed by atoms with van der Waals surface area (Å²) in [6.07, 6.45) is 4.04. The number of ether oxygens (including phenoxy) is 1. The summed E-state index contributed by atoms with van der Waals surface area (Å²) in [5, 5.41) is 3.36. The first-order valence-corrected chi connectivity index (χ1v) is 8.15. The Morgan fingerprint density at radius 2 is 2.05 bits per heavy atom. The van der Waals surface area contributed by atoms with Gasteiger partial charge in [0.25, 0.3) is 0 Å². The highest BCUT2D eigenvalue weighted by Crippen LogP contribution is 2.35. The van der Waals surface area contributed by atoms with Crippen molar-refractivity contribution in [2.45, 2.75) is 37.6 Å². The van der Waals surface area contributed by atoms with Crippen LogP contribution in [0.25, 0.3) is 0 Å². The molecule has 2 saturated heterocycles. The molecule has 22 heavy (non-hydrogen) atoms. The Kier molecular flexibility index (Phi) is 4.52. The second-order valence-electron chi connectivity index (χ2n) is 6.20. The first kappa shape index (κ1) is 15.2. The van der Waals surface area contributed by atoms with E-state index in [9.17, 15) is 4.79 Å². The minimum absolute atomic E-state index is 0.102. The number of amides is 1. The van der Waals surface area contributed by atoms with Crippen LogP contribution in [-0.4, -0.2) is 43.6 Å². The van der Waals surface area contributed by atoms with Gasteiger partial charge in [0.15, 0.2) is 0 Å². The maximum absolute atomic E-state index is 13.0. The second kappa shape index (κ2) is 6.57. The summed E-state index contributed by atoms with van der Waals surface area (Å²) in [7, 11) is 1.62. The lowest BCUT2D eigenvalue weighted by Gasteiger charge is -2.40. The number of nitrogens with one attached hydrogen (secondary N) is 1. The van der Waals surface area contributed by atoms with Crippen molar-refractivity contribution in [3.05, 3.63) is 23.8 Å². The van der Waals surface area contributed by atoms with Crippen molar-refractivity contribution < 1.29 is 9.53 Å². The number of nitrogens with zero attached hydrogens (tertiary/aromatic N) is 1. The monoisotopic (exact) mass is 303 g/mol. The molecule has 1 atom stereocenters. The normalized spacial score (nSPS) is 23.6. The van der Waals surface area contributed by atoms with Gasteiger partial charge in [0.05, 0.1) is 13.0 Å². The number of piperidine rings is 2. The van der Waals surface area contributed by atoms with Gasteiger partial charge >= 0.3 is 0 Å². The molecule has 120 valence electrons. The number of carbonyl (C=O) groups excluding carboxylic acids is 1. The molecule has 0 spiro atoms. The van der Waals surface area contributed by atoms with Crippen LogP contribution in [0.2, 0.25) is 0 Å². The molecule has 3 N–H and O–H groups in total. The molecule has 2 fully saturated rings. The fourth-order valence-corrected chi connectivity index (χ4v) is 3.67. The lowest BCUT2D eigenvalue weighted by atomic mass is 9.87. The average Bonchev–Trinajstić information content (AvgIpc) is 2.56. The molecular formula is C17H25N3O2. The minimum atomic E-state index is -0.102. The van der Waals surface area contributed by atoms with E-state index in [0.29, 0.717) is 11.7 Å². The van der Waals surface area contributed by atoms with Crippen LogP contribution < -0.4 is 15.8 Å². The third kappa shape index (κ3) is 2.90. The van der Waals surface area contributed by atoms with E-state index in [4.69, 9.17) is 10.5 Å². The topological polar surface area (TPSA) is 67.6 Å². The first-order valence-electron chi connectivity index (χ1n) is 8.15. The molecule has 1 amide bonds. The van der Waals surface area contributed by atoms with E-state index in [2.05, 4.69) is 10.2 Å². The Morgan fingerprint density at radius 1 is 1.27 bits per heavy atom. The Labute approximate surface area is 131 Å². The molecule has 5 heteroatoms. The van der Waals surface area contributed by atoms with Crippen molar-refractivity contribution >= 4 is 11.6 Å². The predicted octanol–water partition coefficient (Wildman–Crippen LogP) is 1.74. The maximum atomic E-state index is 13.0. The van der Waals surface area contributed by atoms with Gasteiger partial charge in [-0.25, -0.2) is 0 Å². The Hall–Kier alpha value is -1.75. The van der Waals surface area contributed by atoms with Gasteiger partial charge in [-0.05, 0) is 50.4 Å². The zero-order valence-corrected chi connectivity index (χ0v) is 13.2. The van der Waals surface area contributed by atoms with Crippen molar-refractivity contribution in [1.82, 2.24) is 10.2 Å². The van der Waals surface area contributed by atoms with E-state index < -0.39 is 0 Å². The molecule has 3 rings (SSSR count). The molecule has 1 aromatic carbocycles. The smallest absolute Gasteiger partial charge is 0.230 e. The molecule has 0 saturated carbocycles. The number of carbonyl (C=O) groups is 1. The van der Waals surface area contributed by atoms with E-state index >= 15 is 0 Å². The number of nitrogen functional groups attached to an aromatic ring is 1. The fourth-order valence-electron chi connectivity index (χ4n) is 3.67. The third-order valence-corrected chi connectivity index (χ3v) is 4.89. The van der Waals surface area contributed by atoms with Gasteiger partial charge < -0.3 is 20.7 Å². The van der Waals surface area contributed by atoms with E-state index in [1.165, 1.54) is 0 Å². The lowest BCUT2D eigenvalue weighted by molar-refractivity contribution is -0.138. The average molecular weight is 303 g/mol. The second-order valence-corrected chi connectivity index (χ2v) is 6.20. The number of likely N-dealkylation sites (tertiary alicyclic amines) is 1.